The van der Waals surface area contributed by atoms with Crippen LogP contribution in [0.25, 0.3) is 0 Å². The van der Waals surface area contributed by atoms with E-state index in [9.17, 15) is 9.59 Å². The number of urea groups is 1. The van der Waals surface area contributed by atoms with E-state index in [0.29, 0.717) is 53.5 Å². The lowest BCUT2D eigenvalue weighted by molar-refractivity contribution is 0.103. The van der Waals surface area contributed by atoms with Crippen LogP contribution in [0, 0.1) is 5.92 Å². The van der Waals surface area contributed by atoms with Gasteiger partial charge in [-0.15, -0.1) is 0 Å². The van der Waals surface area contributed by atoms with Crippen molar-refractivity contribution in [1.82, 2.24) is 5.01 Å². The normalized spacial score (nSPS) is 18.9. The monoisotopic (exact) mass is 458 g/mol. The van der Waals surface area contributed by atoms with Gasteiger partial charge in [0.05, 0.1) is 18.3 Å². The lowest BCUT2D eigenvalue weighted by atomic mass is 9.94. The maximum atomic E-state index is 13.5. The van der Waals surface area contributed by atoms with Gasteiger partial charge in [-0.25, -0.2) is 9.79 Å². The Hall–Kier alpha value is -4.14. The minimum absolute atomic E-state index is 0.0310. The van der Waals surface area contributed by atoms with Crippen molar-refractivity contribution < 1.29 is 14.3 Å². The highest BCUT2D eigenvalue weighted by molar-refractivity contribution is 6.16. The molecule has 34 heavy (non-hydrogen) atoms. The van der Waals surface area contributed by atoms with E-state index in [1.807, 2.05) is 29.3 Å². The summed E-state index contributed by atoms with van der Waals surface area (Å²) in [6.07, 6.45) is 1.95. The van der Waals surface area contributed by atoms with E-state index in [1.165, 1.54) is 6.34 Å². The number of hydrazone groups is 1. The smallest absolute Gasteiger partial charge is 0.326 e. The average Bonchev–Trinajstić information content (AvgIpc) is 3.25. The van der Waals surface area contributed by atoms with Gasteiger partial charge in [0.2, 0.25) is 0 Å². The molecule has 2 aromatic rings. The number of nitrogens with two attached hydrogens (primary N) is 1. The molecule has 9 nitrogen and oxygen atoms in total. The van der Waals surface area contributed by atoms with Gasteiger partial charge in [-0.1, -0.05) is 38.1 Å². The van der Waals surface area contributed by atoms with Gasteiger partial charge >= 0.3 is 6.03 Å². The number of fused-ring (bicyclic) bond motifs is 2. The lowest BCUT2D eigenvalue weighted by Gasteiger charge is -2.29. The van der Waals surface area contributed by atoms with Gasteiger partial charge in [0.1, 0.15) is 24.4 Å². The van der Waals surface area contributed by atoms with Crippen molar-refractivity contribution in [2.24, 2.45) is 21.7 Å². The van der Waals surface area contributed by atoms with Crippen molar-refractivity contribution in [3.63, 3.8) is 0 Å². The second-order valence-corrected chi connectivity index (χ2v) is 8.74. The van der Waals surface area contributed by atoms with Crippen LogP contribution in [-0.4, -0.2) is 48.2 Å². The quantitative estimate of drug-likeness (QED) is 0.680. The molecule has 0 aromatic heterocycles. The number of hydrogen-bond donors (Lipinski definition) is 2. The minimum atomic E-state index is -0.285. The molecular weight excluding hydrogens is 432 g/mol. The van der Waals surface area contributed by atoms with Gasteiger partial charge < -0.3 is 15.8 Å². The molecule has 0 saturated carbocycles. The van der Waals surface area contributed by atoms with Crippen molar-refractivity contribution in [2.75, 3.05) is 23.4 Å². The van der Waals surface area contributed by atoms with Gasteiger partial charge in [0, 0.05) is 23.2 Å². The summed E-state index contributed by atoms with van der Waals surface area (Å²) in [5.41, 5.74) is 9.01. The standard InChI is InChI=1S/C25H26N6O3/c1-15(2)20-13-18(22-24(26)27-14-28-31(20)22)23(32)16-6-5-7-17(12-16)29-25(33)30-10-11-34-21-9-4-3-8-19(21)30/h3-9,12,14-15,20H,10-11,13H2,1-2H3,(H,29,33)(H2,26,27,28). The molecule has 0 aliphatic carbocycles. The molecule has 2 aromatic carbocycles. The van der Waals surface area contributed by atoms with Crippen molar-refractivity contribution in [3.05, 3.63) is 65.4 Å². The van der Waals surface area contributed by atoms with Crippen LogP contribution in [0.4, 0.5) is 16.2 Å². The van der Waals surface area contributed by atoms with Gasteiger partial charge in [0.25, 0.3) is 0 Å². The van der Waals surface area contributed by atoms with E-state index >= 15 is 0 Å². The minimum Gasteiger partial charge on any atom is -0.490 e. The third-order valence-corrected chi connectivity index (χ3v) is 6.25. The van der Waals surface area contributed by atoms with Gasteiger partial charge in [-0.3, -0.25) is 14.7 Å². The van der Waals surface area contributed by atoms with Crippen molar-refractivity contribution >= 4 is 35.4 Å². The topological polar surface area (TPSA) is 113 Å². The molecule has 0 radical (unpaired) electrons. The first kappa shape index (κ1) is 21.7. The predicted molar refractivity (Wildman–Crippen MR) is 131 cm³/mol. The SMILES string of the molecule is CC(C)C1CC(C(=O)c2cccc(NC(=O)N3CCOc4ccccc43)c2)=C2C(N)=NC=NN21. The number of carbonyl (C=O) groups is 2. The number of amidine groups is 1. The molecule has 5 rings (SSSR count). The fourth-order valence-corrected chi connectivity index (χ4v) is 4.52. The number of para-hydroxylation sites is 2. The molecule has 9 heteroatoms. The van der Waals surface area contributed by atoms with E-state index in [1.54, 1.807) is 29.2 Å². The number of nitrogens with zero attached hydrogens (tertiary/aromatic N) is 4. The molecule has 3 aliphatic heterocycles. The summed E-state index contributed by atoms with van der Waals surface area (Å²) in [5.74, 6) is 1.08. The number of nitrogens with one attached hydrogen (secondary N) is 1. The number of carbonyl (C=O) groups excluding carboxylic acids is 2. The van der Waals surface area contributed by atoms with Crippen molar-refractivity contribution in [3.8, 4) is 5.75 Å². The van der Waals surface area contributed by atoms with Crippen LogP contribution in [0.5, 0.6) is 5.75 Å². The first-order chi connectivity index (χ1) is 16.4. The zero-order valence-corrected chi connectivity index (χ0v) is 19.1. The fourth-order valence-electron chi connectivity index (χ4n) is 4.52. The summed E-state index contributed by atoms with van der Waals surface area (Å²) < 4.78 is 5.63. The Balaban J connectivity index is 1.39. The van der Waals surface area contributed by atoms with E-state index in [0.717, 1.165) is 0 Å². The predicted octanol–water partition coefficient (Wildman–Crippen LogP) is 3.60. The Morgan fingerprint density at radius 2 is 2.00 bits per heavy atom. The zero-order valence-electron chi connectivity index (χ0n) is 19.1. The summed E-state index contributed by atoms with van der Waals surface area (Å²) >= 11 is 0. The Bertz CT molecular complexity index is 1250. The average molecular weight is 459 g/mol. The van der Waals surface area contributed by atoms with Gasteiger partial charge in [0.15, 0.2) is 11.6 Å². The third kappa shape index (κ3) is 3.79. The van der Waals surface area contributed by atoms with E-state index in [-0.39, 0.29) is 29.6 Å². The van der Waals surface area contributed by atoms with Crippen LogP contribution in [0.2, 0.25) is 0 Å². The Morgan fingerprint density at radius 3 is 2.82 bits per heavy atom. The first-order valence-corrected chi connectivity index (χ1v) is 11.3. The van der Waals surface area contributed by atoms with Crippen LogP contribution in [-0.2, 0) is 0 Å². The summed E-state index contributed by atoms with van der Waals surface area (Å²) in [5, 5.41) is 9.07. The number of Topliss-reactive ketones (excluding diaryl/α,β-unsaturated/α-hetero) is 1. The molecule has 174 valence electrons. The highest BCUT2D eigenvalue weighted by atomic mass is 16.5. The first-order valence-electron chi connectivity index (χ1n) is 11.3. The summed E-state index contributed by atoms with van der Waals surface area (Å²) in [6.45, 7) is 5.03. The second kappa shape index (κ2) is 8.66. The van der Waals surface area contributed by atoms with E-state index in [4.69, 9.17) is 10.5 Å². The number of benzene rings is 2. The maximum absolute atomic E-state index is 13.5. The van der Waals surface area contributed by atoms with Crippen molar-refractivity contribution in [1.29, 1.82) is 0 Å². The molecule has 0 fully saturated rings. The summed E-state index contributed by atoms with van der Waals surface area (Å²) in [7, 11) is 0. The molecule has 3 heterocycles. The maximum Gasteiger partial charge on any atom is 0.326 e. The molecule has 2 amide bonds. The highest BCUT2D eigenvalue weighted by Crippen LogP contribution is 2.36. The van der Waals surface area contributed by atoms with E-state index < -0.39 is 0 Å². The highest BCUT2D eigenvalue weighted by Gasteiger charge is 2.39. The van der Waals surface area contributed by atoms with Crippen LogP contribution in [0.15, 0.2) is 69.9 Å². The molecule has 1 atom stereocenters. The zero-order chi connectivity index (χ0) is 23.8. The fraction of sp³-hybridized carbons (Fsp3) is 0.280. The van der Waals surface area contributed by atoms with Crippen LogP contribution in [0.1, 0.15) is 30.6 Å². The number of rotatable bonds is 4. The van der Waals surface area contributed by atoms with Crippen molar-refractivity contribution in [2.45, 2.75) is 26.3 Å². The molecule has 0 saturated heterocycles. The molecule has 1 unspecified atom stereocenters. The molecule has 3 aliphatic rings. The lowest BCUT2D eigenvalue weighted by Crippen LogP contribution is -2.40. The molecule has 0 bridgehead atoms. The summed E-state index contributed by atoms with van der Waals surface area (Å²) in [6, 6.07) is 14.1. The number of hydrogen-bond acceptors (Lipinski definition) is 7. The number of ketones is 1. The Labute approximate surface area is 197 Å². The Morgan fingerprint density at radius 1 is 1.18 bits per heavy atom. The van der Waals surface area contributed by atoms with Gasteiger partial charge in [-0.2, -0.15) is 5.10 Å². The molecule has 0 spiro atoms. The van der Waals surface area contributed by atoms with Gasteiger partial charge in [-0.05, 0) is 30.2 Å². The molecular formula is C25H26N6O3. The van der Waals surface area contributed by atoms with Crippen LogP contribution < -0.4 is 20.7 Å². The number of anilines is 2. The van der Waals surface area contributed by atoms with Crippen LogP contribution in [0.3, 0.4) is 0 Å². The van der Waals surface area contributed by atoms with E-state index in [2.05, 4.69) is 29.3 Å². The van der Waals surface area contributed by atoms with Crippen LogP contribution >= 0.6 is 0 Å². The largest absolute Gasteiger partial charge is 0.490 e. The molecule has 3 N–H and O–H groups in total. The second-order valence-electron chi connectivity index (χ2n) is 8.74. The number of amides is 2. The number of ether oxygens (including phenoxy) is 1. The third-order valence-electron chi connectivity index (χ3n) is 6.25. The number of aliphatic imine (C=N–C) groups is 1. The summed E-state index contributed by atoms with van der Waals surface area (Å²) in [4.78, 5) is 32.3. The Kier molecular flexibility index (Phi) is 5.53.